The van der Waals surface area contributed by atoms with Crippen LogP contribution < -0.4 is 5.32 Å². The van der Waals surface area contributed by atoms with Crippen LogP contribution in [0.3, 0.4) is 0 Å². The molecule has 0 aliphatic rings. The molecule has 1 unspecified atom stereocenters. The van der Waals surface area contributed by atoms with E-state index in [4.69, 9.17) is 9.84 Å². The van der Waals surface area contributed by atoms with Gasteiger partial charge in [0.1, 0.15) is 0 Å². The van der Waals surface area contributed by atoms with Crippen LogP contribution in [0.25, 0.3) is 0 Å². The maximum atomic E-state index is 11.8. The monoisotopic (exact) mass is 257 g/mol. The number of hydrogen-bond donors (Lipinski definition) is 2. The number of rotatable bonds is 9. The van der Waals surface area contributed by atoms with Crippen LogP contribution in [-0.2, 0) is 4.74 Å². The lowest BCUT2D eigenvalue weighted by Crippen LogP contribution is -2.46. The fourth-order valence-electron chi connectivity index (χ4n) is 1.42. The summed E-state index contributed by atoms with van der Waals surface area (Å²) >= 11 is 0. The number of halogens is 3. The van der Waals surface area contributed by atoms with E-state index in [2.05, 4.69) is 5.32 Å². The lowest BCUT2D eigenvalue weighted by atomic mass is 10.00. The minimum Gasteiger partial charge on any atom is -0.394 e. The molecule has 6 heteroatoms. The van der Waals surface area contributed by atoms with Crippen molar-refractivity contribution in [3.05, 3.63) is 0 Å². The molecule has 0 saturated heterocycles. The Balaban J connectivity index is 3.56. The molecule has 3 nitrogen and oxygen atoms in total. The first-order valence-corrected chi connectivity index (χ1v) is 5.83. The smallest absolute Gasteiger partial charge is 0.389 e. The van der Waals surface area contributed by atoms with Crippen molar-refractivity contribution in [3.63, 3.8) is 0 Å². The minimum absolute atomic E-state index is 0.0133. The second-order valence-electron chi connectivity index (χ2n) is 4.33. The number of alkyl halides is 3. The molecule has 0 aliphatic carbocycles. The Morgan fingerprint density at radius 2 is 1.82 bits per heavy atom. The number of likely N-dealkylation sites (N-methyl/N-ethyl adjacent to an activating group) is 1. The third-order valence-electron chi connectivity index (χ3n) is 2.50. The topological polar surface area (TPSA) is 41.5 Å². The molecule has 0 fully saturated rings. The van der Waals surface area contributed by atoms with E-state index in [0.29, 0.717) is 13.0 Å². The summed E-state index contributed by atoms with van der Waals surface area (Å²) in [6.45, 7) is 4.95. The normalized spacial score (nSPS) is 15.9. The molecule has 0 aromatic carbocycles. The lowest BCUT2D eigenvalue weighted by molar-refractivity contribution is -0.138. The molecule has 1 atom stereocenters. The van der Waals surface area contributed by atoms with Crippen molar-refractivity contribution in [2.45, 2.75) is 44.8 Å². The van der Waals surface area contributed by atoms with Gasteiger partial charge in [0.15, 0.2) is 0 Å². The molecule has 17 heavy (non-hydrogen) atoms. The summed E-state index contributed by atoms with van der Waals surface area (Å²) in [7, 11) is 0. The molecule has 0 aliphatic heterocycles. The molecule has 104 valence electrons. The van der Waals surface area contributed by atoms with Crippen LogP contribution in [0.5, 0.6) is 0 Å². The van der Waals surface area contributed by atoms with Crippen LogP contribution in [0.4, 0.5) is 13.2 Å². The number of nitrogens with one attached hydrogen (secondary N) is 1. The molecule has 0 spiro atoms. The summed E-state index contributed by atoms with van der Waals surface area (Å²) in [6.07, 6.45) is -4.35. The molecule has 0 radical (unpaired) electrons. The second-order valence-corrected chi connectivity index (χ2v) is 4.33. The van der Waals surface area contributed by atoms with Crippen molar-refractivity contribution in [1.29, 1.82) is 0 Å². The molecule has 0 saturated carbocycles. The summed E-state index contributed by atoms with van der Waals surface area (Å²) in [5.41, 5.74) is -0.418. The predicted molar refractivity (Wildman–Crippen MR) is 59.9 cm³/mol. The molecule has 0 aromatic rings. The summed E-state index contributed by atoms with van der Waals surface area (Å²) in [4.78, 5) is 0. The number of aliphatic hydroxyl groups is 1. The third kappa shape index (κ3) is 9.38. The zero-order chi connectivity index (χ0) is 13.4. The number of aliphatic hydroxyl groups excluding tert-OH is 1. The first-order chi connectivity index (χ1) is 7.83. The van der Waals surface area contributed by atoms with Crippen molar-refractivity contribution >= 4 is 0 Å². The minimum atomic E-state index is -4.10. The van der Waals surface area contributed by atoms with Gasteiger partial charge in [0.2, 0.25) is 0 Å². The first kappa shape index (κ1) is 16.7. The van der Waals surface area contributed by atoms with Gasteiger partial charge >= 0.3 is 6.18 Å². The molecule has 0 rings (SSSR count). The second kappa shape index (κ2) is 7.89. The predicted octanol–water partition coefficient (Wildman–Crippen LogP) is 2.10. The van der Waals surface area contributed by atoms with Crippen LogP contribution in [0.15, 0.2) is 0 Å². The summed E-state index contributed by atoms with van der Waals surface area (Å²) < 4.78 is 40.6. The summed E-state index contributed by atoms with van der Waals surface area (Å²) in [5.74, 6) is 0. The van der Waals surface area contributed by atoms with Crippen LogP contribution in [-0.4, -0.2) is 43.2 Å². The number of ether oxygens (including phenoxy) is 1. The Morgan fingerprint density at radius 3 is 2.29 bits per heavy atom. The molecule has 0 amide bonds. The molecule has 2 N–H and O–H groups in total. The maximum absolute atomic E-state index is 11.8. The highest BCUT2D eigenvalue weighted by Gasteiger charge is 2.26. The van der Waals surface area contributed by atoms with E-state index in [0.717, 1.165) is 6.54 Å². The fourth-order valence-corrected chi connectivity index (χ4v) is 1.42. The van der Waals surface area contributed by atoms with Gasteiger partial charge in [-0.2, -0.15) is 13.2 Å². The van der Waals surface area contributed by atoms with Gasteiger partial charge in [-0.15, -0.1) is 0 Å². The molecule has 0 aromatic heterocycles. The van der Waals surface area contributed by atoms with Crippen LogP contribution in [0, 0.1) is 0 Å². The van der Waals surface area contributed by atoms with E-state index < -0.39 is 18.1 Å². The highest BCUT2D eigenvalue weighted by Crippen LogP contribution is 2.21. The molecular weight excluding hydrogens is 235 g/mol. The molecular formula is C11H22F3NO2. The highest BCUT2D eigenvalue weighted by molar-refractivity contribution is 4.81. The van der Waals surface area contributed by atoms with Crippen molar-refractivity contribution < 1.29 is 23.0 Å². The van der Waals surface area contributed by atoms with Gasteiger partial charge in [-0.05, 0) is 26.3 Å². The summed E-state index contributed by atoms with van der Waals surface area (Å²) in [6, 6.07) is 0. The van der Waals surface area contributed by atoms with Crippen LogP contribution in [0.1, 0.15) is 33.1 Å². The average Bonchev–Trinajstić information content (AvgIpc) is 2.22. The maximum Gasteiger partial charge on any atom is 0.389 e. The van der Waals surface area contributed by atoms with Gasteiger partial charge in [0, 0.05) is 25.2 Å². The van der Waals surface area contributed by atoms with Gasteiger partial charge in [-0.3, -0.25) is 0 Å². The Hall–Kier alpha value is -0.330. The van der Waals surface area contributed by atoms with E-state index >= 15 is 0 Å². The highest BCUT2D eigenvalue weighted by atomic mass is 19.4. The standard InChI is InChI=1S/C11H22F3NO2/c1-3-15-10(2,9-16)6-8-17-7-4-5-11(12,13)14/h15-16H,3-9H2,1-2H3. The van der Waals surface area contributed by atoms with E-state index in [9.17, 15) is 13.2 Å². The number of hydrogen-bond acceptors (Lipinski definition) is 3. The van der Waals surface area contributed by atoms with Crippen molar-refractivity contribution in [2.75, 3.05) is 26.4 Å². The van der Waals surface area contributed by atoms with E-state index in [1.54, 1.807) is 0 Å². The Labute approximate surface area is 100 Å². The third-order valence-corrected chi connectivity index (χ3v) is 2.50. The zero-order valence-corrected chi connectivity index (χ0v) is 10.4. The van der Waals surface area contributed by atoms with Gasteiger partial charge in [-0.25, -0.2) is 0 Å². The molecule has 0 bridgehead atoms. The van der Waals surface area contributed by atoms with E-state index in [1.165, 1.54) is 0 Å². The first-order valence-electron chi connectivity index (χ1n) is 5.83. The van der Waals surface area contributed by atoms with Gasteiger partial charge in [0.05, 0.1) is 6.61 Å². The van der Waals surface area contributed by atoms with E-state index in [-0.39, 0.29) is 19.6 Å². The SMILES string of the molecule is CCNC(C)(CO)CCOCCCC(F)(F)F. The Kier molecular flexibility index (Phi) is 7.74. The fraction of sp³-hybridized carbons (Fsp3) is 1.00. The Morgan fingerprint density at radius 1 is 1.18 bits per heavy atom. The quantitative estimate of drug-likeness (QED) is 0.621. The zero-order valence-electron chi connectivity index (χ0n) is 10.4. The van der Waals surface area contributed by atoms with Crippen LogP contribution in [0.2, 0.25) is 0 Å². The summed E-state index contributed by atoms with van der Waals surface area (Å²) in [5, 5.41) is 12.3. The van der Waals surface area contributed by atoms with Gasteiger partial charge in [-0.1, -0.05) is 6.92 Å². The van der Waals surface area contributed by atoms with Gasteiger partial charge < -0.3 is 15.2 Å². The average molecular weight is 257 g/mol. The molecule has 0 heterocycles. The van der Waals surface area contributed by atoms with Crippen molar-refractivity contribution in [1.82, 2.24) is 5.32 Å². The Bertz CT molecular complexity index is 200. The van der Waals surface area contributed by atoms with E-state index in [1.807, 2.05) is 13.8 Å². The largest absolute Gasteiger partial charge is 0.394 e. The van der Waals surface area contributed by atoms with Gasteiger partial charge in [0.25, 0.3) is 0 Å². The van der Waals surface area contributed by atoms with Crippen LogP contribution >= 0.6 is 0 Å². The lowest BCUT2D eigenvalue weighted by Gasteiger charge is -2.28. The van der Waals surface area contributed by atoms with Crippen molar-refractivity contribution in [2.24, 2.45) is 0 Å². The van der Waals surface area contributed by atoms with Crippen molar-refractivity contribution in [3.8, 4) is 0 Å².